The summed E-state index contributed by atoms with van der Waals surface area (Å²) in [6.07, 6.45) is 0. The van der Waals surface area contributed by atoms with Crippen molar-refractivity contribution in [1.29, 1.82) is 0 Å². The molecule has 4 nitrogen and oxygen atoms in total. The van der Waals surface area contributed by atoms with Gasteiger partial charge in [0.25, 0.3) is 0 Å². The van der Waals surface area contributed by atoms with Gasteiger partial charge in [0.1, 0.15) is 11.2 Å². The van der Waals surface area contributed by atoms with Gasteiger partial charge in [0.2, 0.25) is 0 Å². The van der Waals surface area contributed by atoms with Crippen molar-refractivity contribution in [2.75, 3.05) is 0 Å². The van der Waals surface area contributed by atoms with Crippen molar-refractivity contribution in [3.8, 4) is 67.5 Å². The van der Waals surface area contributed by atoms with Gasteiger partial charge in [0.15, 0.2) is 17.5 Å². The Labute approximate surface area is 352 Å². The number of benzene rings is 10. The van der Waals surface area contributed by atoms with Crippen LogP contribution in [0.4, 0.5) is 0 Å². The molecule has 0 bridgehead atoms. The molecule has 0 atom stereocenters. The molecule has 0 spiro atoms. The van der Waals surface area contributed by atoms with Crippen LogP contribution in [0.2, 0.25) is 0 Å². The fourth-order valence-corrected chi connectivity index (χ4v) is 8.92. The quantitative estimate of drug-likeness (QED) is 0.125. The van der Waals surface area contributed by atoms with E-state index in [-0.39, 0.29) is 0 Å². The summed E-state index contributed by atoms with van der Waals surface area (Å²) >= 11 is 0. The standard InChI is InChI=1S/C57H35N3O/c1-2-12-36(13-3-1)37-24-28-40(29-25-37)55-58-56(60-57(59-55)44-17-10-16-42(34-44)47-21-11-22-50-48-20-8-9-23-52(48)61-54(47)50)41-30-26-39(27-31-41)53-46-19-7-5-15-43(46)35-51-45-18-6-4-14-38(45)32-33-49(51)53/h1-35H. The van der Waals surface area contributed by atoms with Crippen LogP contribution in [0.25, 0.3) is 122 Å². The van der Waals surface area contributed by atoms with Gasteiger partial charge < -0.3 is 4.42 Å². The van der Waals surface area contributed by atoms with Crippen LogP contribution < -0.4 is 0 Å². The summed E-state index contributed by atoms with van der Waals surface area (Å²) in [7, 11) is 0. The lowest BCUT2D eigenvalue weighted by molar-refractivity contribution is 0.670. The first kappa shape index (κ1) is 34.8. The van der Waals surface area contributed by atoms with Gasteiger partial charge in [-0.1, -0.05) is 194 Å². The zero-order chi connectivity index (χ0) is 40.3. The van der Waals surface area contributed by atoms with Gasteiger partial charge in [-0.2, -0.15) is 0 Å². The molecule has 2 heterocycles. The van der Waals surface area contributed by atoms with Gasteiger partial charge in [0.05, 0.1) is 0 Å². The molecule has 0 amide bonds. The zero-order valence-corrected chi connectivity index (χ0v) is 33.0. The molecule has 0 aliphatic heterocycles. The van der Waals surface area contributed by atoms with E-state index in [1.165, 1.54) is 37.9 Å². The second-order valence-corrected chi connectivity index (χ2v) is 15.5. The van der Waals surface area contributed by atoms with Crippen LogP contribution in [-0.4, -0.2) is 15.0 Å². The Morgan fingerprint density at radius 2 is 0.820 bits per heavy atom. The molecular formula is C57H35N3O. The van der Waals surface area contributed by atoms with Crippen LogP contribution in [0.15, 0.2) is 217 Å². The zero-order valence-electron chi connectivity index (χ0n) is 33.0. The first-order chi connectivity index (χ1) is 30.2. The number of para-hydroxylation sites is 2. The van der Waals surface area contributed by atoms with E-state index >= 15 is 0 Å². The monoisotopic (exact) mass is 777 g/mol. The Balaban J connectivity index is 0.995. The lowest BCUT2D eigenvalue weighted by atomic mass is 9.89. The predicted octanol–water partition coefficient (Wildman–Crippen LogP) is 15.2. The SMILES string of the molecule is c1ccc(-c2ccc(-c3nc(-c4ccc(-c5c6ccccc6cc6c5ccc5ccccc56)cc4)nc(-c4cccc(-c5cccc6c5oc5ccccc56)c4)n3)cc2)cc1. The molecule has 61 heavy (non-hydrogen) atoms. The summed E-state index contributed by atoms with van der Waals surface area (Å²) in [6.45, 7) is 0. The molecule has 0 saturated heterocycles. The van der Waals surface area contributed by atoms with E-state index < -0.39 is 0 Å². The molecule has 2 aromatic heterocycles. The van der Waals surface area contributed by atoms with Crippen molar-refractivity contribution in [3.63, 3.8) is 0 Å². The maximum absolute atomic E-state index is 6.45. The maximum Gasteiger partial charge on any atom is 0.164 e. The minimum atomic E-state index is 0.599. The van der Waals surface area contributed by atoms with Crippen molar-refractivity contribution in [2.24, 2.45) is 0 Å². The average Bonchev–Trinajstić information content (AvgIpc) is 3.73. The van der Waals surface area contributed by atoms with Crippen LogP contribution in [0.1, 0.15) is 0 Å². The van der Waals surface area contributed by atoms with Crippen molar-refractivity contribution in [1.82, 2.24) is 15.0 Å². The molecule has 0 radical (unpaired) electrons. The Kier molecular flexibility index (Phi) is 8.13. The van der Waals surface area contributed by atoms with Crippen molar-refractivity contribution in [2.45, 2.75) is 0 Å². The lowest BCUT2D eigenvalue weighted by Gasteiger charge is -2.14. The minimum Gasteiger partial charge on any atom is -0.455 e. The number of hydrogen-bond donors (Lipinski definition) is 0. The Bertz CT molecular complexity index is 3630. The number of furan rings is 1. The molecule has 0 N–H and O–H groups in total. The molecule has 12 rings (SSSR count). The number of nitrogens with zero attached hydrogens (tertiary/aromatic N) is 3. The summed E-state index contributed by atoms with van der Waals surface area (Å²) in [5.74, 6) is 1.82. The third kappa shape index (κ3) is 6.04. The number of rotatable bonds is 6. The normalized spacial score (nSPS) is 11.6. The molecule has 0 saturated carbocycles. The molecule has 0 aliphatic rings. The van der Waals surface area contributed by atoms with E-state index in [1.54, 1.807) is 0 Å². The number of fused-ring (bicyclic) bond motifs is 7. The first-order valence-electron chi connectivity index (χ1n) is 20.6. The van der Waals surface area contributed by atoms with Crippen LogP contribution in [0.5, 0.6) is 0 Å². The topological polar surface area (TPSA) is 51.8 Å². The second kappa shape index (κ2) is 14.3. The summed E-state index contributed by atoms with van der Waals surface area (Å²) in [4.78, 5) is 15.5. The fraction of sp³-hybridized carbons (Fsp3) is 0. The highest BCUT2D eigenvalue weighted by Crippen LogP contribution is 2.41. The van der Waals surface area contributed by atoms with E-state index in [2.05, 4.69) is 194 Å². The van der Waals surface area contributed by atoms with Crippen LogP contribution in [0, 0.1) is 0 Å². The fourth-order valence-electron chi connectivity index (χ4n) is 8.92. The molecule has 284 valence electrons. The van der Waals surface area contributed by atoms with Crippen molar-refractivity contribution in [3.05, 3.63) is 212 Å². The third-order valence-corrected chi connectivity index (χ3v) is 11.9. The van der Waals surface area contributed by atoms with E-state index in [0.29, 0.717) is 17.5 Å². The molecule has 12 aromatic rings. The Morgan fingerprint density at radius 1 is 0.279 bits per heavy atom. The molecule has 0 fully saturated rings. The Hall–Kier alpha value is -8.21. The summed E-state index contributed by atoms with van der Waals surface area (Å²) in [6, 6.07) is 74.7. The van der Waals surface area contributed by atoms with Gasteiger partial charge in [-0.05, 0) is 78.3 Å². The van der Waals surface area contributed by atoms with E-state index in [4.69, 9.17) is 19.4 Å². The summed E-state index contributed by atoms with van der Waals surface area (Å²) in [5, 5.41) is 9.61. The Morgan fingerprint density at radius 3 is 1.59 bits per heavy atom. The van der Waals surface area contributed by atoms with Crippen LogP contribution in [-0.2, 0) is 0 Å². The minimum absolute atomic E-state index is 0.599. The number of aromatic nitrogens is 3. The summed E-state index contributed by atoms with van der Waals surface area (Å²) < 4.78 is 6.45. The maximum atomic E-state index is 6.45. The number of hydrogen-bond acceptors (Lipinski definition) is 4. The van der Waals surface area contributed by atoms with E-state index in [9.17, 15) is 0 Å². The third-order valence-electron chi connectivity index (χ3n) is 11.9. The molecular weight excluding hydrogens is 743 g/mol. The molecule has 0 aliphatic carbocycles. The van der Waals surface area contributed by atoms with Gasteiger partial charge in [-0.15, -0.1) is 0 Å². The average molecular weight is 778 g/mol. The van der Waals surface area contributed by atoms with Crippen LogP contribution >= 0.6 is 0 Å². The largest absolute Gasteiger partial charge is 0.455 e. The van der Waals surface area contributed by atoms with Crippen molar-refractivity contribution < 1.29 is 4.42 Å². The smallest absolute Gasteiger partial charge is 0.164 e. The van der Waals surface area contributed by atoms with E-state index in [1.807, 2.05) is 18.2 Å². The molecule has 0 unspecified atom stereocenters. The van der Waals surface area contributed by atoms with Gasteiger partial charge >= 0.3 is 0 Å². The highest BCUT2D eigenvalue weighted by molar-refractivity contribution is 6.20. The van der Waals surface area contributed by atoms with Gasteiger partial charge in [0, 0.05) is 33.0 Å². The van der Waals surface area contributed by atoms with Crippen LogP contribution in [0.3, 0.4) is 0 Å². The van der Waals surface area contributed by atoms with Gasteiger partial charge in [-0.3, -0.25) is 0 Å². The van der Waals surface area contributed by atoms with Gasteiger partial charge in [-0.25, -0.2) is 15.0 Å². The first-order valence-corrected chi connectivity index (χ1v) is 20.6. The predicted molar refractivity (Wildman–Crippen MR) is 252 cm³/mol. The summed E-state index contributed by atoms with van der Waals surface area (Å²) in [5.41, 5.74) is 11.2. The molecule has 10 aromatic carbocycles. The molecule has 4 heteroatoms. The lowest BCUT2D eigenvalue weighted by Crippen LogP contribution is -2.00. The second-order valence-electron chi connectivity index (χ2n) is 15.5. The highest BCUT2D eigenvalue weighted by Gasteiger charge is 2.17. The van der Waals surface area contributed by atoms with Crippen molar-refractivity contribution >= 4 is 54.3 Å². The highest BCUT2D eigenvalue weighted by atomic mass is 16.3. The van der Waals surface area contributed by atoms with E-state index in [0.717, 1.165) is 66.4 Å².